The number of fused-ring (bicyclic) bond motifs is 2. The molecule has 6 aliphatic carbocycles. The smallest absolute Gasteiger partial charge is 0.303 e. The number of aliphatic carboxylic acids is 1. The predicted molar refractivity (Wildman–Crippen MR) is 489 cm³/mol. The van der Waals surface area contributed by atoms with Crippen LogP contribution < -0.4 is 50.1 Å². The Morgan fingerprint density at radius 1 is 0.535 bits per heavy atom. The quantitative estimate of drug-likeness (QED) is 0.0198. The van der Waals surface area contributed by atoms with Crippen LogP contribution in [0.4, 0.5) is 0 Å². The summed E-state index contributed by atoms with van der Waals surface area (Å²) in [5.74, 6) is -2.72. The second-order valence-electron chi connectivity index (χ2n) is 36.9. The first kappa shape index (κ1) is 95.1. The molecule has 0 radical (unpaired) electrons. The number of sulfonamides is 2. The second-order valence-corrected chi connectivity index (χ2v) is 41.1. The van der Waals surface area contributed by atoms with E-state index in [1.165, 1.54) is 22.0 Å². The van der Waals surface area contributed by atoms with Gasteiger partial charge in [0, 0.05) is 83.7 Å². The Kier molecular flexibility index (Phi) is 28.6. The molecule has 2 saturated heterocycles. The van der Waals surface area contributed by atoms with Gasteiger partial charge in [0.15, 0.2) is 0 Å². The number of hydrogen-bond donors (Lipinski definition) is 7. The van der Waals surface area contributed by atoms with E-state index >= 15 is 0 Å². The van der Waals surface area contributed by atoms with Crippen molar-refractivity contribution in [2.45, 2.75) is 201 Å². The average molecular weight is 1820 g/mol. The number of carbonyl (C=O) groups is 8. The van der Waals surface area contributed by atoms with Crippen molar-refractivity contribution in [2.75, 3.05) is 27.3 Å². The number of likely N-dealkylation sites (tertiary alicyclic amines) is 2. The fourth-order valence-corrected chi connectivity index (χ4v) is 20.1. The fourth-order valence-electron chi connectivity index (χ4n) is 16.8. The van der Waals surface area contributed by atoms with E-state index in [4.69, 9.17) is 39.8 Å². The number of carboxylic acids is 1. The summed E-state index contributed by atoms with van der Waals surface area (Å²) in [7, 11) is -5.11. The SMILES string of the molecule is C=C[C@@H]1C[C@]1(NC(=O)[C@@H]1C[C@@H](Oc2cc(-c3ccccc3)nc3cc(OC)ccc23)CN1C(=O)[C@@H](N)C(C)(C)C)C(=O)NS(=O)(=O)C1(Cc2ccccc2)CC1.C=C[C@@H]1C[C@]1(NC(=O)[C@@H]1C[C@@H](Oc2cc(-c3ccccc3)nc3cc(OC)ccc23)CN1C(=O)[C@@H](NC(=O)CC1CC1)C(C)(C)C)C(=O)NS(=O)(=O)C1(Cc2ccccc2)CC1.Cl.Cl.O=C(O)CC1CC1. The lowest BCUT2D eigenvalue weighted by molar-refractivity contribution is -0.144. The lowest BCUT2D eigenvalue weighted by Gasteiger charge is -2.35. The summed E-state index contributed by atoms with van der Waals surface area (Å²) in [5.41, 5.74) is 7.98. The summed E-state index contributed by atoms with van der Waals surface area (Å²) in [4.78, 5) is 122. The van der Waals surface area contributed by atoms with Crippen LogP contribution >= 0.6 is 24.8 Å². The highest BCUT2D eigenvalue weighted by atomic mass is 35.5. The topological polar surface area (TPSA) is 380 Å². The monoisotopic (exact) mass is 1810 g/mol. The summed E-state index contributed by atoms with van der Waals surface area (Å²) in [6.07, 6.45) is 9.17. The van der Waals surface area contributed by atoms with E-state index in [2.05, 4.69) is 38.6 Å². The van der Waals surface area contributed by atoms with Crippen molar-refractivity contribution in [3.63, 3.8) is 0 Å². The molecule has 2 aromatic heterocycles. The van der Waals surface area contributed by atoms with Gasteiger partial charge in [0.2, 0.25) is 49.6 Å². The minimum Gasteiger partial charge on any atom is -0.497 e. The number of amides is 7. The van der Waals surface area contributed by atoms with E-state index in [1.54, 1.807) is 20.3 Å². The largest absolute Gasteiger partial charge is 0.497 e. The Morgan fingerprint density at radius 2 is 0.913 bits per heavy atom. The van der Waals surface area contributed by atoms with E-state index in [0.29, 0.717) is 107 Å². The van der Waals surface area contributed by atoms with Gasteiger partial charge < -0.3 is 55.5 Å². The highest BCUT2D eigenvalue weighted by molar-refractivity contribution is 7.92. The second kappa shape index (κ2) is 38.1. The van der Waals surface area contributed by atoms with Gasteiger partial charge in [-0.1, -0.05) is 175 Å². The first-order valence-electron chi connectivity index (χ1n) is 42.8. The zero-order chi connectivity index (χ0) is 89.3. The van der Waals surface area contributed by atoms with Gasteiger partial charge in [0.25, 0.3) is 11.8 Å². The van der Waals surface area contributed by atoms with Gasteiger partial charge in [-0.2, -0.15) is 0 Å². The Hall–Kier alpha value is -11.0. The molecule has 8 fully saturated rings. The van der Waals surface area contributed by atoms with Gasteiger partial charge >= 0.3 is 5.97 Å². The zero-order valence-electron chi connectivity index (χ0n) is 72.7. The molecule has 31 heteroatoms. The number of halogens is 2. The average Bonchev–Trinajstić information content (AvgIpc) is 1.56. The van der Waals surface area contributed by atoms with E-state index in [0.717, 1.165) is 47.9 Å². The molecule has 0 spiro atoms. The van der Waals surface area contributed by atoms with Crippen LogP contribution in [-0.2, 0) is 71.2 Å². The molecule has 2 aliphatic heterocycles. The minimum absolute atomic E-state index is 0. The van der Waals surface area contributed by atoms with Crippen molar-refractivity contribution in [1.29, 1.82) is 0 Å². The number of hydrogen-bond acceptors (Lipinski definition) is 19. The number of carboxylic acid groups (broad SMARTS) is 1. The molecular weight excluding hydrogens is 1700 g/mol. The van der Waals surface area contributed by atoms with Crippen LogP contribution in [0, 0.1) is 34.5 Å². The van der Waals surface area contributed by atoms with Crippen LogP contribution in [0.3, 0.4) is 0 Å². The number of ether oxygens (including phenoxy) is 4. The standard InChI is InChI=1S/C48H55N5O8S.C43H49N5O7S.C5H8O2.2ClH/c1-6-33-28-48(33,45(57)52-62(58,59)47(21-22-47)27-31-13-9-7-10-14-31)51-43(55)39-25-35(29-53(39)44(56)42(46(2,3)4)50-41(54)23-30-17-18-30)61-40-26-37(32-15-11-8-12-16-32)49-38-24-34(60-5)19-20-36(38)40;1-6-29-25-43(29,40(51)47-56(52,53)42(19-20-42)24-27-13-9-7-10-14-27)46-38(49)35-22-31(26-48(35)39(50)37(44)41(2,3)4)55-36-23-33(28-15-11-8-12-16-28)45-34-21-30(54-5)17-18-32(34)36;6-5(7)3-4-1-2-4;;/h6-16,19-20,24,26,30,33,35,39,42H,1,17-18,21-23,25,27-29H2,2-5H3,(H,50,54)(H,51,55)(H,52,57);6-18,21,23,29,31,35,37H,1,19-20,22,24-26,44H2,2-5H3,(H,46,49)(H,47,51);4H,1-3H2,(H,6,7);2*1H/t33-,35-,39+,42-,48-;29-,31-,35+,37-,43-;;;/m11.../s1. The molecule has 10 atom stereocenters. The van der Waals surface area contributed by atoms with Crippen LogP contribution in [0.5, 0.6) is 23.0 Å². The minimum atomic E-state index is -4.16. The molecule has 676 valence electrons. The van der Waals surface area contributed by atoms with E-state index < -0.39 is 141 Å². The normalized spacial score (nSPS) is 22.6. The Bertz CT molecular complexity index is 5700. The van der Waals surface area contributed by atoms with Crippen molar-refractivity contribution in [1.82, 2.24) is 45.2 Å². The highest BCUT2D eigenvalue weighted by Gasteiger charge is 2.66. The van der Waals surface area contributed by atoms with Crippen molar-refractivity contribution in [3.05, 3.63) is 206 Å². The molecule has 6 aromatic carbocycles. The van der Waals surface area contributed by atoms with Gasteiger partial charge in [-0.25, -0.2) is 26.8 Å². The molecule has 4 heterocycles. The van der Waals surface area contributed by atoms with Crippen molar-refractivity contribution in [3.8, 4) is 45.5 Å². The van der Waals surface area contributed by atoms with Crippen molar-refractivity contribution in [2.24, 2.45) is 40.2 Å². The molecule has 6 saturated carbocycles. The van der Waals surface area contributed by atoms with Crippen LogP contribution in [0.15, 0.2) is 195 Å². The fraction of sp³-hybridized carbons (Fsp3) is 0.438. The molecule has 8 N–H and O–H groups in total. The first-order chi connectivity index (χ1) is 59.4. The summed E-state index contributed by atoms with van der Waals surface area (Å²) < 4.78 is 82.1. The molecule has 8 aromatic rings. The first-order valence-corrected chi connectivity index (χ1v) is 45.8. The summed E-state index contributed by atoms with van der Waals surface area (Å²) in [5, 5.41) is 18.3. The van der Waals surface area contributed by atoms with E-state index in [1.807, 2.05) is 205 Å². The summed E-state index contributed by atoms with van der Waals surface area (Å²) >= 11 is 0. The number of nitrogens with zero attached hydrogens (tertiary/aromatic N) is 4. The lowest BCUT2D eigenvalue weighted by Crippen LogP contribution is -2.60. The molecule has 8 aliphatic rings. The van der Waals surface area contributed by atoms with Crippen molar-refractivity contribution < 1.29 is 79.2 Å². The van der Waals surface area contributed by atoms with Crippen LogP contribution in [0.25, 0.3) is 44.3 Å². The van der Waals surface area contributed by atoms with Gasteiger partial charge in [0.05, 0.1) is 65.3 Å². The maximum atomic E-state index is 14.8. The number of carbonyl (C=O) groups excluding carboxylic acids is 7. The molecule has 0 unspecified atom stereocenters. The maximum absolute atomic E-state index is 14.8. The zero-order valence-corrected chi connectivity index (χ0v) is 76.0. The highest BCUT2D eigenvalue weighted by Crippen LogP contribution is 2.52. The molecule has 7 amide bonds. The third kappa shape index (κ3) is 21.6. The molecule has 127 heavy (non-hydrogen) atoms. The number of methoxy groups -OCH3 is 2. The maximum Gasteiger partial charge on any atom is 0.303 e. The van der Waals surface area contributed by atoms with Gasteiger partial charge in [-0.05, 0) is 135 Å². The van der Waals surface area contributed by atoms with Crippen LogP contribution in [-0.4, -0.2) is 173 Å². The van der Waals surface area contributed by atoms with Crippen LogP contribution in [0.2, 0.25) is 0 Å². The molecule has 0 bridgehead atoms. The molecular formula is C96H114Cl2N10O17S2. The third-order valence-corrected chi connectivity index (χ3v) is 29.7. The van der Waals surface area contributed by atoms with Crippen LogP contribution in [0.1, 0.15) is 143 Å². The number of nitrogens with two attached hydrogens (primary N) is 1. The number of pyridine rings is 2. The Balaban J connectivity index is 0.000000212. The lowest BCUT2D eigenvalue weighted by atomic mass is 9.85. The summed E-state index contributed by atoms with van der Waals surface area (Å²) in [6, 6.07) is 48.3. The number of rotatable bonds is 31. The summed E-state index contributed by atoms with van der Waals surface area (Å²) in [6.45, 7) is 18.9. The number of aromatic nitrogens is 2. The number of nitrogens with one attached hydrogen (secondary N) is 5. The third-order valence-electron chi connectivity index (χ3n) is 25.4. The molecule has 16 rings (SSSR count). The van der Waals surface area contributed by atoms with Gasteiger partial charge in [0.1, 0.15) is 64.4 Å². The number of benzene rings is 6. The molecule has 27 nitrogen and oxygen atoms in total. The predicted octanol–water partition coefficient (Wildman–Crippen LogP) is 12.5. The van der Waals surface area contributed by atoms with E-state index in [-0.39, 0.29) is 82.3 Å². The van der Waals surface area contributed by atoms with Gasteiger partial charge in [-0.3, -0.25) is 47.8 Å². The Morgan fingerprint density at radius 3 is 1.24 bits per heavy atom. The van der Waals surface area contributed by atoms with E-state index in [9.17, 15) is 55.2 Å². The van der Waals surface area contributed by atoms with Gasteiger partial charge in [-0.15, -0.1) is 38.0 Å². The Labute approximate surface area is 754 Å². The van der Waals surface area contributed by atoms with Crippen molar-refractivity contribution >= 4 is 114 Å².